The van der Waals surface area contributed by atoms with E-state index in [2.05, 4.69) is 15.6 Å². The Morgan fingerprint density at radius 3 is 2.40 bits per heavy atom. The highest BCUT2D eigenvalue weighted by Crippen LogP contribution is 2.18. The minimum Gasteiger partial charge on any atom is -0.444 e. The number of amides is 1. The van der Waals surface area contributed by atoms with Gasteiger partial charge in [0.15, 0.2) is 5.96 Å². The van der Waals surface area contributed by atoms with Crippen molar-refractivity contribution in [3.05, 3.63) is 29.8 Å². The van der Waals surface area contributed by atoms with Gasteiger partial charge >= 0.3 is 6.09 Å². The summed E-state index contributed by atoms with van der Waals surface area (Å²) >= 11 is 0. The van der Waals surface area contributed by atoms with E-state index in [4.69, 9.17) is 10.5 Å². The number of hydrogen-bond acceptors (Lipinski definition) is 3. The molecule has 0 heterocycles. The number of anilines is 1. The van der Waals surface area contributed by atoms with Crippen molar-refractivity contribution in [2.45, 2.75) is 65.5 Å². The second kappa shape index (κ2) is 8.74. The van der Waals surface area contributed by atoms with Crippen LogP contribution in [0.1, 0.15) is 53.0 Å². The molecule has 6 heteroatoms. The van der Waals surface area contributed by atoms with Crippen molar-refractivity contribution >= 4 is 17.7 Å². The number of nitrogens with two attached hydrogens (primary N) is 1. The summed E-state index contributed by atoms with van der Waals surface area (Å²) in [5, 5.41) is 6.04. The van der Waals surface area contributed by atoms with E-state index in [0.29, 0.717) is 12.5 Å². The molecule has 0 aliphatic carbocycles. The number of rotatable bonds is 6. The Balaban J connectivity index is 2.77. The molecule has 140 valence electrons. The Hall–Kier alpha value is -2.24. The van der Waals surface area contributed by atoms with E-state index >= 15 is 0 Å². The van der Waals surface area contributed by atoms with Crippen LogP contribution < -0.4 is 16.4 Å². The zero-order valence-electron chi connectivity index (χ0n) is 16.3. The van der Waals surface area contributed by atoms with Crippen LogP contribution in [0.3, 0.4) is 0 Å². The summed E-state index contributed by atoms with van der Waals surface area (Å²) in [4.78, 5) is 16.6. The van der Waals surface area contributed by atoms with Crippen LogP contribution in [0.4, 0.5) is 10.5 Å². The fraction of sp³-hybridized carbons (Fsp3) is 0.579. The lowest BCUT2D eigenvalue weighted by atomic mass is 9.93. The van der Waals surface area contributed by atoms with Gasteiger partial charge < -0.3 is 21.1 Å². The molecule has 0 bridgehead atoms. The van der Waals surface area contributed by atoms with Crippen LogP contribution in [0.25, 0.3) is 0 Å². The van der Waals surface area contributed by atoms with Crippen LogP contribution in [0.2, 0.25) is 0 Å². The minimum atomic E-state index is -0.535. The minimum absolute atomic E-state index is 0.322. The monoisotopic (exact) mass is 348 g/mol. The van der Waals surface area contributed by atoms with Gasteiger partial charge in [-0.2, -0.15) is 0 Å². The van der Waals surface area contributed by atoms with E-state index in [0.717, 1.165) is 24.1 Å². The molecule has 0 spiro atoms. The number of benzene rings is 1. The predicted molar refractivity (Wildman–Crippen MR) is 104 cm³/mol. The van der Waals surface area contributed by atoms with Crippen LogP contribution in [-0.4, -0.2) is 29.7 Å². The van der Waals surface area contributed by atoms with E-state index in [-0.39, 0.29) is 0 Å². The maximum Gasteiger partial charge on any atom is 0.408 e. The van der Waals surface area contributed by atoms with Gasteiger partial charge in [0, 0.05) is 5.69 Å². The molecule has 0 aliphatic rings. The molecule has 1 aromatic rings. The normalized spacial score (nSPS) is 12.6. The van der Waals surface area contributed by atoms with E-state index in [1.165, 1.54) is 0 Å². The Bertz CT molecular complexity index is 602. The fourth-order valence-electron chi connectivity index (χ4n) is 2.36. The summed E-state index contributed by atoms with van der Waals surface area (Å²) in [6.07, 6.45) is 1.02. The van der Waals surface area contributed by atoms with Crippen LogP contribution >= 0.6 is 0 Å². The van der Waals surface area contributed by atoms with Crippen molar-refractivity contribution in [2.75, 3.05) is 11.9 Å². The summed E-state index contributed by atoms with van der Waals surface area (Å²) in [7, 11) is 0. The van der Waals surface area contributed by atoms with Gasteiger partial charge in [-0.1, -0.05) is 26.0 Å². The predicted octanol–water partition coefficient (Wildman–Crippen LogP) is 3.81. The number of aryl methyl sites for hydroxylation is 1. The standard InChI is InChI=1S/C19H32N4O2/c1-7-19(8-2,23-17(24)25-18(4,5)6)13-21-16(20)22-15-11-9-10-14(3)12-15/h9-12H,7-8,13H2,1-6H3,(H,23,24)(H3,20,21,22). The lowest BCUT2D eigenvalue weighted by molar-refractivity contribution is 0.0452. The number of aliphatic imine (C=N–C) groups is 1. The average molecular weight is 348 g/mol. The number of guanidine groups is 1. The molecule has 0 aromatic heterocycles. The maximum atomic E-state index is 12.1. The van der Waals surface area contributed by atoms with E-state index < -0.39 is 17.2 Å². The Labute approximate surface area is 151 Å². The third-order valence-corrected chi connectivity index (χ3v) is 3.96. The average Bonchev–Trinajstić information content (AvgIpc) is 2.50. The zero-order chi connectivity index (χ0) is 19.1. The molecule has 1 rings (SSSR count). The first-order valence-corrected chi connectivity index (χ1v) is 8.74. The molecule has 1 amide bonds. The Morgan fingerprint density at radius 2 is 1.88 bits per heavy atom. The molecule has 0 saturated heterocycles. The summed E-state index contributed by atoms with van der Waals surface area (Å²) in [5.41, 5.74) is 7.01. The van der Waals surface area contributed by atoms with E-state index in [1.807, 2.05) is 65.8 Å². The largest absolute Gasteiger partial charge is 0.444 e. The van der Waals surface area contributed by atoms with Gasteiger partial charge in [-0.25, -0.2) is 4.79 Å². The van der Waals surface area contributed by atoms with Gasteiger partial charge in [-0.3, -0.25) is 4.99 Å². The van der Waals surface area contributed by atoms with Crippen molar-refractivity contribution in [1.29, 1.82) is 0 Å². The van der Waals surface area contributed by atoms with Gasteiger partial charge in [-0.05, 0) is 58.2 Å². The molecule has 0 unspecified atom stereocenters. The molecule has 4 N–H and O–H groups in total. The zero-order valence-corrected chi connectivity index (χ0v) is 16.3. The number of carbonyl (C=O) groups excluding carboxylic acids is 1. The molecule has 25 heavy (non-hydrogen) atoms. The van der Waals surface area contributed by atoms with Crippen LogP contribution in [0.15, 0.2) is 29.3 Å². The summed E-state index contributed by atoms with van der Waals surface area (Å²) in [6, 6.07) is 7.90. The third-order valence-electron chi connectivity index (χ3n) is 3.96. The van der Waals surface area contributed by atoms with Gasteiger partial charge in [0.1, 0.15) is 5.60 Å². The quantitative estimate of drug-likeness (QED) is 0.539. The van der Waals surface area contributed by atoms with Crippen molar-refractivity contribution in [3.8, 4) is 0 Å². The molecule has 1 aromatic carbocycles. The van der Waals surface area contributed by atoms with E-state index in [1.54, 1.807) is 0 Å². The highest BCUT2D eigenvalue weighted by Gasteiger charge is 2.30. The maximum absolute atomic E-state index is 12.1. The first-order chi connectivity index (χ1) is 11.6. The number of carbonyl (C=O) groups is 1. The molecule has 0 aliphatic heterocycles. The number of ether oxygens (including phenoxy) is 1. The lowest BCUT2D eigenvalue weighted by Crippen LogP contribution is -2.52. The Morgan fingerprint density at radius 1 is 1.24 bits per heavy atom. The molecule has 6 nitrogen and oxygen atoms in total. The van der Waals surface area contributed by atoms with Crippen LogP contribution in [0.5, 0.6) is 0 Å². The summed E-state index contributed by atoms with van der Waals surface area (Å²) in [5.74, 6) is 0.322. The van der Waals surface area contributed by atoms with Gasteiger partial charge in [-0.15, -0.1) is 0 Å². The molecule has 0 fully saturated rings. The second-order valence-corrected chi connectivity index (χ2v) is 7.31. The summed E-state index contributed by atoms with van der Waals surface area (Å²) in [6.45, 7) is 11.9. The second-order valence-electron chi connectivity index (χ2n) is 7.31. The van der Waals surface area contributed by atoms with Crippen LogP contribution in [-0.2, 0) is 4.74 Å². The molecular weight excluding hydrogens is 316 g/mol. The smallest absolute Gasteiger partial charge is 0.408 e. The highest BCUT2D eigenvalue weighted by atomic mass is 16.6. The molecular formula is C19H32N4O2. The first-order valence-electron chi connectivity index (χ1n) is 8.74. The van der Waals surface area contributed by atoms with Gasteiger partial charge in [0.05, 0.1) is 12.1 Å². The van der Waals surface area contributed by atoms with Crippen LogP contribution in [0, 0.1) is 6.92 Å². The fourth-order valence-corrected chi connectivity index (χ4v) is 2.36. The number of nitrogens with zero attached hydrogens (tertiary/aromatic N) is 1. The topological polar surface area (TPSA) is 88.7 Å². The van der Waals surface area contributed by atoms with Crippen molar-refractivity contribution in [2.24, 2.45) is 10.7 Å². The summed E-state index contributed by atoms with van der Waals surface area (Å²) < 4.78 is 5.37. The van der Waals surface area contributed by atoms with Gasteiger partial charge in [0.25, 0.3) is 0 Å². The first kappa shape index (κ1) is 20.8. The third kappa shape index (κ3) is 7.45. The highest BCUT2D eigenvalue weighted by molar-refractivity contribution is 5.92. The van der Waals surface area contributed by atoms with Crippen molar-refractivity contribution in [3.63, 3.8) is 0 Å². The molecule has 0 radical (unpaired) electrons. The number of hydrogen-bond donors (Lipinski definition) is 3. The van der Waals surface area contributed by atoms with Gasteiger partial charge in [0.2, 0.25) is 0 Å². The number of alkyl carbamates (subject to hydrolysis) is 1. The lowest BCUT2D eigenvalue weighted by Gasteiger charge is -2.32. The van der Waals surface area contributed by atoms with Crippen molar-refractivity contribution < 1.29 is 9.53 Å². The number of nitrogens with one attached hydrogen (secondary N) is 2. The van der Waals surface area contributed by atoms with Crippen molar-refractivity contribution in [1.82, 2.24) is 5.32 Å². The van der Waals surface area contributed by atoms with E-state index in [9.17, 15) is 4.79 Å². The molecule has 0 atom stereocenters. The molecule has 0 saturated carbocycles. The Kier molecular flexibility index (Phi) is 7.27. The SMILES string of the molecule is CCC(CC)(CN=C(N)Nc1cccc(C)c1)NC(=O)OC(C)(C)C.